The number of ketones is 1. The fourth-order valence-electron chi connectivity index (χ4n) is 4.49. The molecular weight excluding hydrogens is 444 g/mol. The molecular formula is C24H26N2O6S. The summed E-state index contributed by atoms with van der Waals surface area (Å²) in [4.78, 5) is 38.6. The van der Waals surface area contributed by atoms with Gasteiger partial charge in [-0.1, -0.05) is 18.6 Å². The average Bonchev–Trinajstić information content (AvgIpc) is 3.26. The molecule has 1 atom stereocenters. The first-order chi connectivity index (χ1) is 15.7. The molecule has 33 heavy (non-hydrogen) atoms. The number of Topliss-reactive ketones (excluding diaryl/α,β-unsaturated/α-hetero) is 1. The molecule has 174 valence electrons. The minimum absolute atomic E-state index is 0.0664. The zero-order valence-corrected chi connectivity index (χ0v) is 19.4. The lowest BCUT2D eigenvalue weighted by Crippen LogP contribution is -2.52. The van der Waals surface area contributed by atoms with Gasteiger partial charge in [0.15, 0.2) is 5.78 Å². The van der Waals surface area contributed by atoms with Crippen LogP contribution in [0.2, 0.25) is 0 Å². The smallest absolute Gasteiger partial charge is 0.337 e. The van der Waals surface area contributed by atoms with E-state index in [1.807, 2.05) is 0 Å². The maximum Gasteiger partial charge on any atom is 0.337 e. The summed E-state index contributed by atoms with van der Waals surface area (Å²) in [6, 6.07) is 10.1. The summed E-state index contributed by atoms with van der Waals surface area (Å²) in [5, 5.41) is 0. The molecule has 0 spiro atoms. The van der Waals surface area contributed by atoms with Crippen molar-refractivity contribution in [2.45, 2.75) is 43.5 Å². The lowest BCUT2D eigenvalue weighted by atomic mass is 10.0. The van der Waals surface area contributed by atoms with Gasteiger partial charge in [0.2, 0.25) is 15.9 Å². The fourth-order valence-corrected chi connectivity index (χ4v) is 6.14. The molecule has 0 bridgehead atoms. The number of carbonyl (C=O) groups is 3. The van der Waals surface area contributed by atoms with Crippen molar-refractivity contribution in [3.63, 3.8) is 0 Å². The fraction of sp³-hybridized carbons (Fsp3) is 0.375. The number of esters is 1. The third-order valence-electron chi connectivity index (χ3n) is 6.27. The maximum absolute atomic E-state index is 13.6. The Bertz CT molecular complexity index is 1210. The van der Waals surface area contributed by atoms with Crippen LogP contribution < -0.4 is 4.90 Å². The normalized spacial score (nSPS) is 18.6. The predicted octanol–water partition coefficient (Wildman–Crippen LogP) is 2.81. The zero-order valence-electron chi connectivity index (χ0n) is 18.6. The van der Waals surface area contributed by atoms with E-state index >= 15 is 0 Å². The monoisotopic (exact) mass is 470 g/mol. The molecule has 2 aliphatic rings. The van der Waals surface area contributed by atoms with Gasteiger partial charge < -0.3 is 9.64 Å². The van der Waals surface area contributed by atoms with Crippen molar-refractivity contribution in [2.24, 2.45) is 0 Å². The summed E-state index contributed by atoms with van der Waals surface area (Å²) in [5.74, 6) is -0.848. The third kappa shape index (κ3) is 4.30. The van der Waals surface area contributed by atoms with Gasteiger partial charge in [-0.05, 0) is 62.1 Å². The second kappa shape index (κ2) is 9.07. The van der Waals surface area contributed by atoms with Crippen LogP contribution in [-0.2, 0) is 26.0 Å². The van der Waals surface area contributed by atoms with Gasteiger partial charge >= 0.3 is 5.97 Å². The second-order valence-corrected chi connectivity index (χ2v) is 10.2. The highest BCUT2D eigenvalue weighted by Gasteiger charge is 2.41. The molecule has 9 heteroatoms. The number of methoxy groups -OCH3 is 1. The summed E-state index contributed by atoms with van der Waals surface area (Å²) in [5.41, 5.74) is 2.40. The van der Waals surface area contributed by atoms with Crippen LogP contribution in [0.3, 0.4) is 0 Å². The van der Waals surface area contributed by atoms with Gasteiger partial charge in [0.1, 0.15) is 6.04 Å². The summed E-state index contributed by atoms with van der Waals surface area (Å²) in [7, 11) is -2.60. The van der Waals surface area contributed by atoms with Gasteiger partial charge in [-0.2, -0.15) is 4.31 Å². The number of amides is 1. The number of sulfonamides is 1. The number of carbonyl (C=O) groups excluding carboxylic acids is 3. The van der Waals surface area contributed by atoms with Crippen LogP contribution in [0, 0.1) is 0 Å². The lowest BCUT2D eigenvalue weighted by molar-refractivity contribution is -0.123. The molecule has 2 aromatic rings. The summed E-state index contributed by atoms with van der Waals surface area (Å²) in [6.45, 7) is 2.11. The molecule has 0 radical (unpaired) electrons. The lowest BCUT2D eigenvalue weighted by Gasteiger charge is -2.36. The Balaban J connectivity index is 1.61. The Morgan fingerprint density at radius 3 is 2.33 bits per heavy atom. The van der Waals surface area contributed by atoms with Crippen LogP contribution in [0.15, 0.2) is 47.4 Å². The molecule has 0 N–H and O–H groups in total. The molecule has 4 rings (SSSR count). The number of ether oxygens (including phenoxy) is 1. The van der Waals surface area contributed by atoms with Crippen molar-refractivity contribution in [3.8, 4) is 0 Å². The topological polar surface area (TPSA) is 101 Å². The van der Waals surface area contributed by atoms with Crippen molar-refractivity contribution in [1.82, 2.24) is 4.31 Å². The van der Waals surface area contributed by atoms with E-state index in [-0.39, 0.29) is 23.1 Å². The first kappa shape index (κ1) is 23.1. The highest BCUT2D eigenvalue weighted by Crippen LogP contribution is 2.33. The molecule has 0 saturated carbocycles. The molecule has 1 fully saturated rings. The Morgan fingerprint density at radius 2 is 1.67 bits per heavy atom. The molecule has 2 heterocycles. The van der Waals surface area contributed by atoms with Crippen LogP contribution in [0.5, 0.6) is 0 Å². The van der Waals surface area contributed by atoms with Gasteiger partial charge in [0, 0.05) is 24.3 Å². The summed E-state index contributed by atoms with van der Waals surface area (Å²) in [6.07, 6.45) is 2.45. The van der Waals surface area contributed by atoms with E-state index in [9.17, 15) is 22.8 Å². The molecule has 1 saturated heterocycles. The average molecular weight is 471 g/mol. The van der Waals surface area contributed by atoms with Gasteiger partial charge in [-0.3, -0.25) is 9.59 Å². The summed E-state index contributed by atoms with van der Waals surface area (Å²) < 4.78 is 32.9. The highest BCUT2D eigenvalue weighted by molar-refractivity contribution is 7.89. The Labute approximate surface area is 193 Å². The van der Waals surface area contributed by atoms with Crippen molar-refractivity contribution in [2.75, 3.05) is 25.1 Å². The number of benzene rings is 2. The standard InChI is InChI=1S/C24H26N2O6S/c1-16(27)17-6-9-20(10-7-17)33(30,31)26-13-4-3-5-22(26)23(28)25-14-12-18-15-19(24(29)32-2)8-11-21(18)25/h6-11,15,22H,3-5,12-14H2,1-2H3. The van der Waals surface area contributed by atoms with Gasteiger partial charge in [-0.15, -0.1) is 0 Å². The van der Waals surface area contributed by atoms with Crippen LogP contribution >= 0.6 is 0 Å². The molecule has 2 aromatic carbocycles. The number of hydrogen-bond acceptors (Lipinski definition) is 6. The molecule has 0 aliphatic carbocycles. The quantitative estimate of drug-likeness (QED) is 0.492. The Hall–Kier alpha value is -3.04. The van der Waals surface area contributed by atoms with Gasteiger partial charge in [0.25, 0.3) is 0 Å². The number of piperidine rings is 1. The van der Waals surface area contributed by atoms with Crippen molar-refractivity contribution >= 4 is 33.4 Å². The molecule has 1 unspecified atom stereocenters. The van der Waals surface area contributed by atoms with Crippen LogP contribution in [0.4, 0.5) is 5.69 Å². The third-order valence-corrected chi connectivity index (χ3v) is 8.19. The molecule has 8 nitrogen and oxygen atoms in total. The van der Waals surface area contributed by atoms with E-state index in [0.29, 0.717) is 42.6 Å². The van der Waals surface area contributed by atoms with E-state index in [4.69, 9.17) is 4.74 Å². The van der Waals surface area contributed by atoms with Crippen LogP contribution in [-0.4, -0.2) is 56.6 Å². The number of fused-ring (bicyclic) bond motifs is 1. The zero-order chi connectivity index (χ0) is 23.8. The Morgan fingerprint density at radius 1 is 0.970 bits per heavy atom. The SMILES string of the molecule is COC(=O)c1ccc2c(c1)CCN2C(=O)C1CCCCN1S(=O)(=O)c1ccc(C(C)=O)cc1. The van der Waals surface area contributed by atoms with Gasteiger partial charge in [-0.25, -0.2) is 13.2 Å². The van der Waals surface area contributed by atoms with Crippen LogP contribution in [0.1, 0.15) is 52.5 Å². The van der Waals surface area contributed by atoms with Crippen LogP contribution in [0.25, 0.3) is 0 Å². The maximum atomic E-state index is 13.6. The first-order valence-corrected chi connectivity index (χ1v) is 12.3. The predicted molar refractivity (Wildman–Crippen MR) is 122 cm³/mol. The minimum Gasteiger partial charge on any atom is -0.465 e. The van der Waals surface area contributed by atoms with Gasteiger partial charge in [0.05, 0.1) is 17.6 Å². The molecule has 2 aliphatic heterocycles. The number of hydrogen-bond donors (Lipinski definition) is 0. The number of anilines is 1. The van der Waals surface area contributed by atoms with E-state index in [1.54, 1.807) is 23.1 Å². The largest absolute Gasteiger partial charge is 0.465 e. The highest BCUT2D eigenvalue weighted by atomic mass is 32.2. The number of nitrogens with zero attached hydrogens (tertiary/aromatic N) is 2. The Kier molecular flexibility index (Phi) is 6.36. The van der Waals surface area contributed by atoms with E-state index in [2.05, 4.69) is 0 Å². The van der Waals surface area contributed by atoms with E-state index in [0.717, 1.165) is 12.0 Å². The first-order valence-electron chi connectivity index (χ1n) is 10.9. The molecule has 0 aromatic heterocycles. The minimum atomic E-state index is -3.91. The van der Waals surface area contributed by atoms with Crippen molar-refractivity contribution in [3.05, 3.63) is 59.2 Å². The summed E-state index contributed by atoms with van der Waals surface area (Å²) >= 11 is 0. The number of rotatable bonds is 5. The van der Waals surface area contributed by atoms with E-state index < -0.39 is 22.0 Å². The van der Waals surface area contributed by atoms with Crippen molar-refractivity contribution in [1.29, 1.82) is 0 Å². The second-order valence-electron chi connectivity index (χ2n) is 8.28. The van der Waals surface area contributed by atoms with E-state index in [1.165, 1.54) is 42.6 Å². The van der Waals surface area contributed by atoms with Crippen molar-refractivity contribution < 1.29 is 27.5 Å². The molecule has 1 amide bonds.